The predicted molar refractivity (Wildman–Crippen MR) is 68.9 cm³/mol. The van der Waals surface area contributed by atoms with Gasteiger partial charge in [0.05, 0.1) is 18.8 Å². The van der Waals surface area contributed by atoms with Crippen molar-refractivity contribution in [3.05, 3.63) is 12.7 Å². The lowest BCUT2D eigenvalue weighted by Crippen LogP contribution is -2.57. The van der Waals surface area contributed by atoms with Crippen molar-refractivity contribution in [2.75, 3.05) is 26.3 Å². The van der Waals surface area contributed by atoms with E-state index in [9.17, 15) is 4.79 Å². The Labute approximate surface area is 104 Å². The number of piperidine rings is 1. The molecule has 1 aliphatic rings. The molecule has 1 saturated heterocycles. The fourth-order valence-corrected chi connectivity index (χ4v) is 1.95. The molecule has 1 aliphatic heterocycles. The van der Waals surface area contributed by atoms with Crippen LogP contribution in [0.1, 0.15) is 32.6 Å². The molecule has 0 aromatic heterocycles. The molecule has 1 unspecified atom stereocenters. The van der Waals surface area contributed by atoms with Crippen molar-refractivity contribution in [1.29, 1.82) is 0 Å². The molecule has 0 aromatic rings. The highest BCUT2D eigenvalue weighted by molar-refractivity contribution is 5.85. The molecule has 0 radical (unpaired) electrons. The van der Waals surface area contributed by atoms with Crippen LogP contribution in [0.5, 0.6) is 0 Å². The third kappa shape index (κ3) is 4.88. The molecular formula is C13H24N2O2. The molecule has 0 bridgehead atoms. The van der Waals surface area contributed by atoms with E-state index in [2.05, 4.69) is 17.2 Å². The zero-order chi connectivity index (χ0) is 12.6. The third-order valence-corrected chi connectivity index (χ3v) is 3.12. The summed E-state index contributed by atoms with van der Waals surface area (Å²) < 4.78 is 5.34. The van der Waals surface area contributed by atoms with Crippen LogP contribution >= 0.6 is 0 Å². The van der Waals surface area contributed by atoms with Gasteiger partial charge in [-0.05, 0) is 39.2 Å². The Morgan fingerprint density at radius 1 is 1.53 bits per heavy atom. The Hall–Kier alpha value is -0.870. The fourth-order valence-electron chi connectivity index (χ4n) is 1.95. The Kier molecular flexibility index (Phi) is 6.22. The SMILES string of the molecule is C=CCCOCCNC(=O)C1(C)CCCCN1. The summed E-state index contributed by atoms with van der Waals surface area (Å²) in [7, 11) is 0. The van der Waals surface area contributed by atoms with E-state index in [4.69, 9.17) is 4.74 Å². The smallest absolute Gasteiger partial charge is 0.240 e. The van der Waals surface area contributed by atoms with Gasteiger partial charge >= 0.3 is 0 Å². The van der Waals surface area contributed by atoms with Crippen LogP contribution in [0, 0.1) is 0 Å². The maximum Gasteiger partial charge on any atom is 0.240 e. The molecule has 0 spiro atoms. The first-order chi connectivity index (χ1) is 8.19. The highest BCUT2D eigenvalue weighted by Crippen LogP contribution is 2.18. The van der Waals surface area contributed by atoms with Crippen molar-refractivity contribution in [1.82, 2.24) is 10.6 Å². The molecule has 0 aliphatic carbocycles. The van der Waals surface area contributed by atoms with Gasteiger partial charge in [0.15, 0.2) is 0 Å². The van der Waals surface area contributed by atoms with Gasteiger partial charge in [-0.25, -0.2) is 0 Å². The molecule has 1 atom stereocenters. The van der Waals surface area contributed by atoms with Gasteiger partial charge in [0, 0.05) is 6.54 Å². The van der Waals surface area contributed by atoms with Gasteiger partial charge in [-0.1, -0.05) is 6.08 Å². The van der Waals surface area contributed by atoms with Gasteiger partial charge in [0.25, 0.3) is 0 Å². The Bertz CT molecular complexity index is 248. The molecule has 0 aromatic carbocycles. The summed E-state index contributed by atoms with van der Waals surface area (Å²) in [5, 5.41) is 6.21. The highest BCUT2D eigenvalue weighted by atomic mass is 16.5. The standard InChI is InChI=1S/C13H24N2O2/c1-3-4-10-17-11-9-14-12(16)13(2)7-5-6-8-15-13/h3,15H,1,4-11H2,2H3,(H,14,16). The van der Waals surface area contributed by atoms with E-state index in [0.717, 1.165) is 32.2 Å². The molecular weight excluding hydrogens is 216 g/mol. The highest BCUT2D eigenvalue weighted by Gasteiger charge is 2.33. The lowest BCUT2D eigenvalue weighted by atomic mass is 9.90. The third-order valence-electron chi connectivity index (χ3n) is 3.12. The number of rotatable bonds is 7. The van der Waals surface area contributed by atoms with E-state index >= 15 is 0 Å². The summed E-state index contributed by atoms with van der Waals surface area (Å²) in [6.07, 6.45) is 5.87. The fraction of sp³-hybridized carbons (Fsp3) is 0.769. The van der Waals surface area contributed by atoms with Gasteiger partial charge in [0.2, 0.25) is 5.91 Å². The van der Waals surface area contributed by atoms with Gasteiger partial charge in [-0.15, -0.1) is 6.58 Å². The molecule has 4 heteroatoms. The molecule has 98 valence electrons. The Balaban J connectivity index is 2.13. The van der Waals surface area contributed by atoms with E-state index in [-0.39, 0.29) is 11.4 Å². The first-order valence-electron chi connectivity index (χ1n) is 6.41. The molecule has 1 heterocycles. The normalized spacial score (nSPS) is 24.3. The maximum atomic E-state index is 12.0. The summed E-state index contributed by atoms with van der Waals surface area (Å²) in [5.74, 6) is 0.0875. The maximum absolute atomic E-state index is 12.0. The lowest BCUT2D eigenvalue weighted by molar-refractivity contribution is -0.128. The number of carbonyl (C=O) groups excluding carboxylic acids is 1. The van der Waals surface area contributed by atoms with Gasteiger partial charge < -0.3 is 15.4 Å². The first kappa shape index (κ1) is 14.2. The summed E-state index contributed by atoms with van der Waals surface area (Å²) >= 11 is 0. The van der Waals surface area contributed by atoms with E-state index < -0.39 is 0 Å². The number of carbonyl (C=O) groups is 1. The van der Waals surface area contributed by atoms with Crippen LogP contribution in [-0.2, 0) is 9.53 Å². The Morgan fingerprint density at radius 3 is 3.00 bits per heavy atom. The average molecular weight is 240 g/mol. The van der Waals surface area contributed by atoms with Crippen molar-refractivity contribution in [3.8, 4) is 0 Å². The zero-order valence-corrected chi connectivity index (χ0v) is 10.8. The quantitative estimate of drug-likeness (QED) is 0.520. The second-order valence-electron chi connectivity index (χ2n) is 4.66. The molecule has 2 N–H and O–H groups in total. The average Bonchev–Trinajstić information content (AvgIpc) is 2.34. The monoisotopic (exact) mass is 240 g/mol. The van der Waals surface area contributed by atoms with E-state index in [1.807, 2.05) is 13.0 Å². The van der Waals surface area contributed by atoms with E-state index in [1.54, 1.807) is 0 Å². The second-order valence-corrected chi connectivity index (χ2v) is 4.66. The Morgan fingerprint density at radius 2 is 2.35 bits per heavy atom. The van der Waals surface area contributed by atoms with Crippen molar-refractivity contribution in [3.63, 3.8) is 0 Å². The first-order valence-corrected chi connectivity index (χ1v) is 6.41. The van der Waals surface area contributed by atoms with Crippen molar-refractivity contribution < 1.29 is 9.53 Å². The van der Waals surface area contributed by atoms with Crippen LogP contribution in [0.15, 0.2) is 12.7 Å². The van der Waals surface area contributed by atoms with Crippen molar-refractivity contribution in [2.24, 2.45) is 0 Å². The molecule has 1 amide bonds. The minimum Gasteiger partial charge on any atom is -0.379 e. The minimum absolute atomic E-state index is 0.0875. The lowest BCUT2D eigenvalue weighted by Gasteiger charge is -2.33. The molecule has 0 saturated carbocycles. The number of hydrogen-bond donors (Lipinski definition) is 2. The number of hydrogen-bond acceptors (Lipinski definition) is 3. The summed E-state index contributed by atoms with van der Waals surface area (Å²) in [4.78, 5) is 12.0. The minimum atomic E-state index is -0.390. The van der Waals surface area contributed by atoms with E-state index in [0.29, 0.717) is 19.8 Å². The van der Waals surface area contributed by atoms with Crippen LogP contribution in [0.2, 0.25) is 0 Å². The van der Waals surface area contributed by atoms with Crippen molar-refractivity contribution in [2.45, 2.75) is 38.1 Å². The predicted octanol–water partition coefficient (Wildman–Crippen LogP) is 1.23. The largest absolute Gasteiger partial charge is 0.379 e. The second kappa shape index (κ2) is 7.45. The topological polar surface area (TPSA) is 50.4 Å². The van der Waals surface area contributed by atoms with Gasteiger partial charge in [0.1, 0.15) is 0 Å². The molecule has 17 heavy (non-hydrogen) atoms. The van der Waals surface area contributed by atoms with Crippen LogP contribution in [-0.4, -0.2) is 37.7 Å². The molecule has 1 rings (SSSR count). The van der Waals surface area contributed by atoms with Gasteiger partial charge in [-0.2, -0.15) is 0 Å². The van der Waals surface area contributed by atoms with Crippen LogP contribution in [0.25, 0.3) is 0 Å². The molecule has 4 nitrogen and oxygen atoms in total. The number of nitrogens with one attached hydrogen (secondary N) is 2. The number of amides is 1. The summed E-state index contributed by atoms with van der Waals surface area (Å²) in [5.41, 5.74) is -0.390. The number of ether oxygens (including phenoxy) is 1. The summed E-state index contributed by atoms with van der Waals surface area (Å²) in [6, 6.07) is 0. The van der Waals surface area contributed by atoms with Crippen molar-refractivity contribution >= 4 is 5.91 Å². The van der Waals surface area contributed by atoms with Crippen LogP contribution in [0.3, 0.4) is 0 Å². The zero-order valence-electron chi connectivity index (χ0n) is 10.8. The van der Waals surface area contributed by atoms with Crippen LogP contribution < -0.4 is 10.6 Å². The van der Waals surface area contributed by atoms with Gasteiger partial charge in [-0.3, -0.25) is 4.79 Å². The van der Waals surface area contributed by atoms with E-state index in [1.165, 1.54) is 0 Å². The van der Waals surface area contributed by atoms with Crippen LogP contribution in [0.4, 0.5) is 0 Å². The molecule has 1 fully saturated rings. The summed E-state index contributed by atoms with van der Waals surface area (Å²) in [6.45, 7) is 8.34.